The third-order valence-electron chi connectivity index (χ3n) is 2.99. The van der Waals surface area contributed by atoms with Crippen molar-refractivity contribution in [3.63, 3.8) is 0 Å². The highest BCUT2D eigenvalue weighted by Crippen LogP contribution is 2.30. The van der Waals surface area contributed by atoms with E-state index in [-0.39, 0.29) is 0 Å². The van der Waals surface area contributed by atoms with Crippen LogP contribution in [0.4, 0.5) is 0 Å². The zero-order valence-electron chi connectivity index (χ0n) is 8.05. The first-order chi connectivity index (χ1) is 7.27. The Morgan fingerprint density at radius 1 is 1.53 bits per heavy atom. The van der Waals surface area contributed by atoms with Gasteiger partial charge < -0.3 is 9.67 Å². The Balaban J connectivity index is 2.31. The molecule has 1 aliphatic rings. The van der Waals surface area contributed by atoms with Crippen molar-refractivity contribution in [2.24, 2.45) is 0 Å². The summed E-state index contributed by atoms with van der Waals surface area (Å²) in [6, 6.07) is 5.47. The summed E-state index contributed by atoms with van der Waals surface area (Å²) in [5.41, 5.74) is 3.07. The van der Waals surface area contributed by atoms with Gasteiger partial charge in [-0.2, -0.15) is 0 Å². The summed E-state index contributed by atoms with van der Waals surface area (Å²) in [4.78, 5) is 15.3. The first-order valence-corrected chi connectivity index (χ1v) is 4.94. The number of benzene rings is 1. The van der Waals surface area contributed by atoms with Crippen LogP contribution in [0.5, 0.6) is 0 Å². The van der Waals surface area contributed by atoms with Gasteiger partial charge in [-0.25, -0.2) is 9.78 Å². The molecule has 15 heavy (non-hydrogen) atoms. The maximum absolute atomic E-state index is 11.1. The Kier molecular flexibility index (Phi) is 1.59. The number of carbonyl (C=O) groups is 1. The minimum atomic E-state index is -0.774. The van der Waals surface area contributed by atoms with Gasteiger partial charge >= 0.3 is 5.97 Å². The van der Waals surface area contributed by atoms with Crippen LogP contribution >= 0.6 is 0 Å². The molecular formula is C11H10N2O2. The molecule has 1 aliphatic heterocycles. The molecule has 1 N–H and O–H groups in total. The van der Waals surface area contributed by atoms with E-state index in [2.05, 4.69) is 4.98 Å². The largest absolute Gasteiger partial charge is 0.480 e. The highest BCUT2D eigenvalue weighted by Gasteiger charge is 2.26. The zero-order valence-corrected chi connectivity index (χ0v) is 8.05. The SMILES string of the molecule is O=C(O)C1CCc2cccc3ncn1c23. The minimum absolute atomic E-state index is 0.454. The van der Waals surface area contributed by atoms with Gasteiger partial charge in [0.25, 0.3) is 0 Å². The van der Waals surface area contributed by atoms with Crippen LogP contribution in [-0.2, 0) is 11.2 Å². The Hall–Kier alpha value is -1.84. The van der Waals surface area contributed by atoms with E-state index in [1.807, 2.05) is 18.2 Å². The van der Waals surface area contributed by atoms with Crippen LogP contribution in [-0.4, -0.2) is 20.6 Å². The number of nitrogens with zero attached hydrogens (tertiary/aromatic N) is 2. The number of para-hydroxylation sites is 1. The lowest BCUT2D eigenvalue weighted by Gasteiger charge is -2.21. The molecule has 0 spiro atoms. The standard InChI is InChI=1S/C11H10N2O2/c14-11(15)9-5-4-7-2-1-3-8-10(7)13(9)6-12-8/h1-3,6,9H,4-5H2,(H,14,15). The van der Waals surface area contributed by atoms with Crippen molar-refractivity contribution in [2.45, 2.75) is 18.9 Å². The molecule has 76 valence electrons. The van der Waals surface area contributed by atoms with Crippen molar-refractivity contribution in [2.75, 3.05) is 0 Å². The smallest absolute Gasteiger partial charge is 0.326 e. The molecular weight excluding hydrogens is 192 g/mol. The van der Waals surface area contributed by atoms with Crippen molar-refractivity contribution in [1.82, 2.24) is 9.55 Å². The van der Waals surface area contributed by atoms with Crippen LogP contribution in [0, 0.1) is 0 Å². The summed E-state index contributed by atoms with van der Waals surface area (Å²) >= 11 is 0. The van der Waals surface area contributed by atoms with Crippen LogP contribution in [0.15, 0.2) is 24.5 Å². The van der Waals surface area contributed by atoms with Gasteiger partial charge in [0, 0.05) is 0 Å². The van der Waals surface area contributed by atoms with Gasteiger partial charge in [-0.05, 0) is 24.5 Å². The topological polar surface area (TPSA) is 55.1 Å². The zero-order chi connectivity index (χ0) is 10.4. The second kappa shape index (κ2) is 2.82. The summed E-state index contributed by atoms with van der Waals surface area (Å²) < 4.78 is 1.77. The number of imidazole rings is 1. The fourth-order valence-electron chi connectivity index (χ4n) is 2.27. The number of carboxylic acid groups (broad SMARTS) is 1. The molecule has 0 bridgehead atoms. The predicted molar refractivity (Wildman–Crippen MR) is 54.7 cm³/mol. The number of aromatic nitrogens is 2. The van der Waals surface area contributed by atoms with E-state index < -0.39 is 12.0 Å². The Labute approximate surface area is 86.2 Å². The minimum Gasteiger partial charge on any atom is -0.480 e. The highest BCUT2D eigenvalue weighted by atomic mass is 16.4. The first kappa shape index (κ1) is 8.47. The number of carboxylic acids is 1. The summed E-state index contributed by atoms with van der Waals surface area (Å²) in [6.45, 7) is 0. The van der Waals surface area contributed by atoms with E-state index in [1.54, 1.807) is 10.9 Å². The van der Waals surface area contributed by atoms with E-state index in [0.29, 0.717) is 6.42 Å². The Morgan fingerprint density at radius 2 is 2.40 bits per heavy atom. The van der Waals surface area contributed by atoms with Crippen molar-refractivity contribution in [3.05, 3.63) is 30.1 Å². The molecule has 0 aliphatic carbocycles. The van der Waals surface area contributed by atoms with E-state index in [4.69, 9.17) is 5.11 Å². The first-order valence-electron chi connectivity index (χ1n) is 4.94. The van der Waals surface area contributed by atoms with Crippen molar-refractivity contribution >= 4 is 17.0 Å². The molecule has 3 rings (SSSR count). The molecule has 0 amide bonds. The normalized spacial score (nSPS) is 19.3. The molecule has 2 heterocycles. The van der Waals surface area contributed by atoms with E-state index in [0.717, 1.165) is 17.5 Å². The quantitative estimate of drug-likeness (QED) is 0.764. The molecule has 0 saturated heterocycles. The maximum atomic E-state index is 11.1. The number of rotatable bonds is 1. The summed E-state index contributed by atoms with van der Waals surface area (Å²) in [6.07, 6.45) is 3.10. The van der Waals surface area contributed by atoms with Crippen LogP contribution in [0.2, 0.25) is 0 Å². The Morgan fingerprint density at radius 3 is 3.20 bits per heavy atom. The Bertz CT molecular complexity index is 545. The number of hydrogen-bond donors (Lipinski definition) is 1. The lowest BCUT2D eigenvalue weighted by molar-refractivity contribution is -0.141. The van der Waals surface area contributed by atoms with E-state index in [9.17, 15) is 4.79 Å². The lowest BCUT2D eigenvalue weighted by Crippen LogP contribution is -2.22. The van der Waals surface area contributed by atoms with Gasteiger partial charge in [-0.1, -0.05) is 12.1 Å². The van der Waals surface area contributed by atoms with Gasteiger partial charge in [-0.15, -0.1) is 0 Å². The highest BCUT2D eigenvalue weighted by molar-refractivity contribution is 5.83. The van der Waals surface area contributed by atoms with Crippen molar-refractivity contribution in [3.8, 4) is 0 Å². The van der Waals surface area contributed by atoms with Crippen molar-refractivity contribution in [1.29, 1.82) is 0 Å². The molecule has 1 aromatic carbocycles. The average molecular weight is 202 g/mol. The molecule has 4 heteroatoms. The second-order valence-corrected chi connectivity index (χ2v) is 3.83. The van der Waals surface area contributed by atoms with E-state index >= 15 is 0 Å². The van der Waals surface area contributed by atoms with Gasteiger partial charge in [-0.3, -0.25) is 0 Å². The lowest BCUT2D eigenvalue weighted by atomic mass is 9.99. The second-order valence-electron chi connectivity index (χ2n) is 3.83. The molecule has 4 nitrogen and oxygen atoms in total. The molecule has 0 fully saturated rings. The van der Waals surface area contributed by atoms with Crippen LogP contribution in [0.3, 0.4) is 0 Å². The fourth-order valence-corrected chi connectivity index (χ4v) is 2.27. The average Bonchev–Trinajstić information content (AvgIpc) is 2.65. The number of aryl methyl sites for hydroxylation is 1. The number of aliphatic carboxylic acids is 1. The third kappa shape index (κ3) is 1.08. The van der Waals surface area contributed by atoms with Crippen LogP contribution in [0.25, 0.3) is 11.0 Å². The molecule has 2 aromatic rings. The predicted octanol–water partition coefficient (Wildman–Crippen LogP) is 1.61. The fraction of sp³-hybridized carbons (Fsp3) is 0.273. The molecule has 1 aromatic heterocycles. The van der Waals surface area contributed by atoms with Gasteiger partial charge in [0.1, 0.15) is 6.04 Å². The van der Waals surface area contributed by atoms with Crippen molar-refractivity contribution < 1.29 is 9.90 Å². The third-order valence-corrected chi connectivity index (χ3v) is 2.99. The molecule has 0 radical (unpaired) electrons. The number of hydrogen-bond acceptors (Lipinski definition) is 2. The molecule has 1 unspecified atom stereocenters. The summed E-state index contributed by atoms with van der Waals surface area (Å²) in [5, 5.41) is 9.09. The van der Waals surface area contributed by atoms with Crippen LogP contribution in [0.1, 0.15) is 18.0 Å². The summed E-state index contributed by atoms with van der Waals surface area (Å²) in [5.74, 6) is -0.774. The molecule has 1 atom stereocenters. The summed E-state index contributed by atoms with van der Waals surface area (Å²) in [7, 11) is 0. The molecule has 0 saturated carbocycles. The maximum Gasteiger partial charge on any atom is 0.326 e. The monoisotopic (exact) mass is 202 g/mol. The van der Waals surface area contributed by atoms with E-state index in [1.165, 1.54) is 5.56 Å². The van der Waals surface area contributed by atoms with Crippen LogP contribution < -0.4 is 0 Å². The van der Waals surface area contributed by atoms with Gasteiger partial charge in [0.2, 0.25) is 0 Å². The van der Waals surface area contributed by atoms with Gasteiger partial charge in [0.15, 0.2) is 0 Å². The van der Waals surface area contributed by atoms with Gasteiger partial charge in [0.05, 0.1) is 17.4 Å².